The van der Waals surface area contributed by atoms with Gasteiger partial charge in [0.05, 0.1) is 22.6 Å². The maximum absolute atomic E-state index is 15.3. The van der Waals surface area contributed by atoms with Gasteiger partial charge in [0.15, 0.2) is 5.78 Å². The molecule has 2 aliphatic rings. The van der Waals surface area contributed by atoms with Crippen molar-refractivity contribution in [1.29, 1.82) is 0 Å². The van der Waals surface area contributed by atoms with Crippen molar-refractivity contribution in [3.05, 3.63) is 59.4 Å². The molecule has 0 unspecified atom stereocenters. The number of Topliss-reactive ketones (excluding diaryl/α,β-unsaturated/α-hetero) is 1. The van der Waals surface area contributed by atoms with E-state index in [4.69, 9.17) is 4.79 Å². The molecule has 1 amide bonds. The second kappa shape index (κ2) is 9.56. The molecular weight excluding hydrogens is 483 g/mol. The zero-order valence-electron chi connectivity index (χ0n) is 19.6. The van der Waals surface area contributed by atoms with Crippen molar-refractivity contribution in [3.8, 4) is 0 Å². The first-order valence-electron chi connectivity index (χ1n) is 11.0. The van der Waals surface area contributed by atoms with Gasteiger partial charge in [0.1, 0.15) is 15.7 Å². The Bertz CT molecular complexity index is 1260. The van der Waals surface area contributed by atoms with Crippen LogP contribution in [0.1, 0.15) is 56.0 Å². The number of carbonyl (C=O) groups excluding carboxylic acids is 3. The van der Waals surface area contributed by atoms with Crippen molar-refractivity contribution in [1.82, 2.24) is 0 Å². The quantitative estimate of drug-likeness (QED) is 0.395. The molecule has 10 heteroatoms. The first kappa shape index (κ1) is 26.6. The molecule has 188 valence electrons. The molecule has 2 aromatic rings. The van der Waals surface area contributed by atoms with Crippen LogP contribution in [0.25, 0.3) is 0 Å². The van der Waals surface area contributed by atoms with Crippen LogP contribution in [0.15, 0.2) is 42.5 Å². The highest BCUT2D eigenvalue weighted by molar-refractivity contribution is 7.91. The summed E-state index contributed by atoms with van der Waals surface area (Å²) in [5, 5.41) is 0. The minimum Gasteiger partial charge on any atom is -0.294 e. The lowest BCUT2D eigenvalue weighted by atomic mass is 9.78. The summed E-state index contributed by atoms with van der Waals surface area (Å²) in [6.45, 7) is 5.38. The molecule has 0 bridgehead atoms. The third-order valence-corrected chi connectivity index (χ3v) is 8.31. The number of rotatable bonds is 4. The number of ketones is 1. The van der Waals surface area contributed by atoms with E-state index >= 15 is 4.39 Å². The summed E-state index contributed by atoms with van der Waals surface area (Å²) in [6.07, 6.45) is -1.85. The van der Waals surface area contributed by atoms with Crippen LogP contribution < -0.4 is 4.90 Å². The van der Waals surface area contributed by atoms with Gasteiger partial charge < -0.3 is 0 Å². The van der Waals surface area contributed by atoms with Crippen molar-refractivity contribution in [3.63, 3.8) is 0 Å². The van der Waals surface area contributed by atoms with Crippen LogP contribution >= 0.6 is 0 Å². The van der Waals surface area contributed by atoms with Crippen LogP contribution in [-0.2, 0) is 20.0 Å². The fraction of sp³-hybridized carbons (Fsp3) is 0.400. The number of carbonyl (C=O) groups is 3. The van der Waals surface area contributed by atoms with E-state index in [1.54, 1.807) is 44.2 Å². The minimum atomic E-state index is -3.04. The van der Waals surface area contributed by atoms with E-state index < -0.39 is 32.8 Å². The number of hydrogen-bond donors (Lipinski definition) is 0. The number of halogens is 3. The van der Waals surface area contributed by atoms with Gasteiger partial charge in [-0.15, -0.1) is 8.78 Å². The molecule has 35 heavy (non-hydrogen) atoms. The normalized spacial score (nSPS) is 19.4. The van der Waals surface area contributed by atoms with Crippen LogP contribution in [0.5, 0.6) is 0 Å². The molecule has 1 saturated heterocycles. The zero-order chi connectivity index (χ0) is 26.2. The van der Waals surface area contributed by atoms with Crippen LogP contribution in [0.4, 0.5) is 29.3 Å². The molecule has 0 aromatic heterocycles. The van der Waals surface area contributed by atoms with Crippen LogP contribution in [0.2, 0.25) is 0 Å². The Kier molecular flexibility index (Phi) is 7.26. The number of nitrogens with zero attached hydrogens (tertiary/aromatic N) is 1. The fourth-order valence-corrected chi connectivity index (χ4v) is 6.29. The first-order chi connectivity index (χ1) is 16.2. The summed E-state index contributed by atoms with van der Waals surface area (Å²) < 4.78 is 58.2. The van der Waals surface area contributed by atoms with E-state index in [0.717, 1.165) is 0 Å². The number of para-hydroxylation sites is 1. The first-order valence-corrected chi connectivity index (χ1v) is 12.8. The summed E-state index contributed by atoms with van der Waals surface area (Å²) in [4.78, 5) is 35.7. The van der Waals surface area contributed by atoms with Crippen molar-refractivity contribution >= 4 is 39.2 Å². The summed E-state index contributed by atoms with van der Waals surface area (Å²) in [7, 11) is -3.04. The third-order valence-electron chi connectivity index (χ3n) is 6.66. The molecule has 2 aliphatic heterocycles. The van der Waals surface area contributed by atoms with E-state index in [2.05, 4.69) is 0 Å². The number of hydrogen-bond acceptors (Lipinski definition) is 5. The number of amides is 1. The standard InChI is InChI=1S/C24H26FNO4S.CF2O/c1-23(2)18-13-16(20(27)15-24(3)9-11-31(29,30)12-10-24)14-19(25)21(18)26(22(23)28)17-7-5-4-6-8-17;2-1(3)4/h4-8,13-14H,9-12,15H2,1-3H3;. The van der Waals surface area contributed by atoms with Crippen molar-refractivity contribution in [2.75, 3.05) is 16.4 Å². The smallest absolute Gasteiger partial charge is 0.294 e. The summed E-state index contributed by atoms with van der Waals surface area (Å²) in [5.41, 5.74) is 0.0634. The van der Waals surface area contributed by atoms with Gasteiger partial charge in [0.2, 0.25) is 5.91 Å². The van der Waals surface area contributed by atoms with E-state index in [1.807, 2.05) is 13.0 Å². The monoisotopic (exact) mass is 509 g/mol. The van der Waals surface area contributed by atoms with Gasteiger partial charge in [-0.05, 0) is 61.9 Å². The largest absolute Gasteiger partial charge is 0.483 e. The highest BCUT2D eigenvalue weighted by Gasteiger charge is 2.47. The Morgan fingerprint density at radius 1 is 1.00 bits per heavy atom. The average molecular weight is 510 g/mol. The zero-order valence-corrected chi connectivity index (χ0v) is 20.4. The van der Waals surface area contributed by atoms with Gasteiger partial charge >= 0.3 is 6.29 Å². The van der Waals surface area contributed by atoms with Crippen LogP contribution in [0, 0.1) is 11.2 Å². The van der Waals surface area contributed by atoms with E-state index in [9.17, 15) is 26.8 Å². The maximum Gasteiger partial charge on any atom is 0.483 e. The molecule has 2 heterocycles. The second-order valence-electron chi connectivity index (χ2n) is 9.74. The van der Waals surface area contributed by atoms with E-state index in [-0.39, 0.29) is 40.9 Å². The molecule has 0 spiro atoms. The van der Waals surface area contributed by atoms with Gasteiger partial charge in [-0.1, -0.05) is 25.1 Å². The Balaban J connectivity index is 0.000000795. The summed E-state index contributed by atoms with van der Waals surface area (Å²) >= 11 is 0. The van der Waals surface area contributed by atoms with Gasteiger partial charge in [0.25, 0.3) is 0 Å². The van der Waals surface area contributed by atoms with Gasteiger partial charge in [0, 0.05) is 17.7 Å². The number of anilines is 2. The van der Waals surface area contributed by atoms with E-state index in [0.29, 0.717) is 24.1 Å². The SMILES string of the molecule is CC1(CC(=O)c2cc(F)c3c(c2)C(C)(C)C(=O)N3c2ccccc2)CCS(=O)(=O)CC1.O=C(F)F. The molecule has 2 aromatic carbocycles. The molecule has 1 fully saturated rings. The number of sulfone groups is 1. The van der Waals surface area contributed by atoms with Crippen molar-refractivity contribution in [2.45, 2.75) is 45.4 Å². The van der Waals surface area contributed by atoms with Crippen LogP contribution in [0.3, 0.4) is 0 Å². The average Bonchev–Trinajstić information content (AvgIpc) is 2.97. The van der Waals surface area contributed by atoms with Crippen molar-refractivity contribution in [2.24, 2.45) is 5.41 Å². The lowest BCUT2D eigenvalue weighted by Crippen LogP contribution is -2.33. The Labute approximate surface area is 202 Å². The summed E-state index contributed by atoms with van der Waals surface area (Å²) in [5.74, 6) is -0.947. The molecule has 0 aliphatic carbocycles. The number of fused-ring (bicyclic) bond motifs is 1. The second-order valence-corrected chi connectivity index (χ2v) is 12.0. The predicted octanol–water partition coefficient (Wildman–Crippen LogP) is 5.61. The highest BCUT2D eigenvalue weighted by atomic mass is 32.2. The Hall–Kier alpha value is -3.01. The van der Waals surface area contributed by atoms with Gasteiger partial charge in [-0.3, -0.25) is 14.5 Å². The maximum atomic E-state index is 15.3. The minimum absolute atomic E-state index is 0.0723. The Morgan fingerprint density at radius 2 is 1.54 bits per heavy atom. The van der Waals surface area contributed by atoms with Gasteiger partial charge in [-0.25, -0.2) is 17.6 Å². The Morgan fingerprint density at radius 3 is 2.09 bits per heavy atom. The molecule has 0 radical (unpaired) electrons. The molecule has 0 saturated carbocycles. The molecule has 0 atom stereocenters. The molecular formula is C25H26F3NO5S. The van der Waals surface area contributed by atoms with Crippen LogP contribution in [-0.4, -0.2) is 37.9 Å². The topological polar surface area (TPSA) is 88.6 Å². The predicted molar refractivity (Wildman–Crippen MR) is 126 cm³/mol. The lowest BCUT2D eigenvalue weighted by Gasteiger charge is -2.32. The third kappa shape index (κ3) is 5.63. The fourth-order valence-electron chi connectivity index (χ4n) is 4.48. The lowest BCUT2D eigenvalue weighted by molar-refractivity contribution is -0.121. The highest BCUT2D eigenvalue weighted by Crippen LogP contribution is 2.47. The summed E-state index contributed by atoms with van der Waals surface area (Å²) in [6, 6.07) is 11.7. The molecule has 0 N–H and O–H groups in total. The van der Waals surface area contributed by atoms with Gasteiger partial charge in [-0.2, -0.15) is 0 Å². The van der Waals surface area contributed by atoms with E-state index in [1.165, 1.54) is 11.0 Å². The van der Waals surface area contributed by atoms with Crippen molar-refractivity contribution < 1.29 is 36.0 Å². The number of benzene rings is 2. The molecule has 4 rings (SSSR count). The molecule has 6 nitrogen and oxygen atoms in total.